The number of nitrogens with one attached hydrogen (secondary N) is 1. The quantitative estimate of drug-likeness (QED) is 0.543. The van der Waals surface area contributed by atoms with E-state index in [2.05, 4.69) is 15.3 Å². The highest BCUT2D eigenvalue weighted by Crippen LogP contribution is 2.27. The third kappa shape index (κ3) is 3.78. The highest BCUT2D eigenvalue weighted by atomic mass is 16.2. The van der Waals surface area contributed by atoms with Crippen molar-refractivity contribution in [3.05, 3.63) is 78.1 Å². The molecule has 1 N–H and O–H groups in total. The fourth-order valence-corrected chi connectivity index (χ4v) is 3.37. The number of aromatic nitrogens is 2. The predicted molar refractivity (Wildman–Crippen MR) is 114 cm³/mol. The molecule has 2 aromatic heterocycles. The van der Waals surface area contributed by atoms with Gasteiger partial charge in [0, 0.05) is 24.8 Å². The molecule has 0 aliphatic carbocycles. The number of hydrogen-bond donors (Lipinski definition) is 1. The topological polar surface area (TPSA) is 75.2 Å². The zero-order valence-corrected chi connectivity index (χ0v) is 16.2. The average molecular weight is 384 g/mol. The molecule has 2 aromatic carbocycles. The largest absolute Gasteiger partial charge is 0.332 e. The molecule has 0 fully saturated rings. The SMILES string of the molecule is Cc1ccnc(NC(=O)CN(C)C(=O)c2cc3ccccc3c3cccnc23)c1. The summed E-state index contributed by atoms with van der Waals surface area (Å²) in [4.78, 5) is 35.5. The molecule has 6 heteroatoms. The molecule has 0 bridgehead atoms. The Morgan fingerprint density at radius 3 is 2.59 bits per heavy atom. The van der Waals surface area contributed by atoms with Gasteiger partial charge >= 0.3 is 0 Å². The van der Waals surface area contributed by atoms with Crippen LogP contribution in [-0.2, 0) is 4.79 Å². The summed E-state index contributed by atoms with van der Waals surface area (Å²) in [6.07, 6.45) is 3.30. The maximum atomic E-state index is 13.1. The molecule has 6 nitrogen and oxygen atoms in total. The van der Waals surface area contributed by atoms with E-state index in [0.717, 1.165) is 21.7 Å². The van der Waals surface area contributed by atoms with E-state index in [1.54, 1.807) is 25.5 Å². The third-order valence-electron chi connectivity index (χ3n) is 4.75. The lowest BCUT2D eigenvalue weighted by Gasteiger charge is -2.18. The second-order valence-electron chi connectivity index (χ2n) is 6.97. The molecule has 2 heterocycles. The molecule has 0 spiro atoms. The lowest BCUT2D eigenvalue weighted by atomic mass is 10.00. The second-order valence-corrected chi connectivity index (χ2v) is 6.97. The molecule has 0 atom stereocenters. The minimum Gasteiger partial charge on any atom is -0.332 e. The number of amides is 2. The maximum absolute atomic E-state index is 13.1. The highest BCUT2D eigenvalue weighted by molar-refractivity contribution is 6.16. The van der Waals surface area contributed by atoms with Crippen molar-refractivity contribution < 1.29 is 9.59 Å². The summed E-state index contributed by atoms with van der Waals surface area (Å²) in [5.41, 5.74) is 2.10. The van der Waals surface area contributed by atoms with E-state index in [-0.39, 0.29) is 18.4 Å². The number of carbonyl (C=O) groups excluding carboxylic acids is 2. The van der Waals surface area contributed by atoms with Crippen LogP contribution in [0.5, 0.6) is 0 Å². The summed E-state index contributed by atoms with van der Waals surface area (Å²) in [7, 11) is 1.61. The minimum absolute atomic E-state index is 0.0877. The molecule has 29 heavy (non-hydrogen) atoms. The normalized spacial score (nSPS) is 10.8. The van der Waals surface area contributed by atoms with Gasteiger partial charge in [0.15, 0.2) is 0 Å². The lowest BCUT2D eigenvalue weighted by molar-refractivity contribution is -0.116. The number of aryl methyl sites for hydroxylation is 1. The van der Waals surface area contributed by atoms with Gasteiger partial charge in [-0.3, -0.25) is 14.6 Å². The van der Waals surface area contributed by atoms with Crippen LogP contribution in [0, 0.1) is 6.92 Å². The van der Waals surface area contributed by atoms with E-state index in [4.69, 9.17) is 0 Å². The first-order chi connectivity index (χ1) is 14.0. The molecule has 4 aromatic rings. The van der Waals surface area contributed by atoms with E-state index < -0.39 is 0 Å². The van der Waals surface area contributed by atoms with Crippen LogP contribution in [-0.4, -0.2) is 40.3 Å². The lowest BCUT2D eigenvalue weighted by Crippen LogP contribution is -2.35. The highest BCUT2D eigenvalue weighted by Gasteiger charge is 2.19. The van der Waals surface area contributed by atoms with E-state index >= 15 is 0 Å². The molecule has 144 valence electrons. The monoisotopic (exact) mass is 384 g/mol. The van der Waals surface area contributed by atoms with Crippen LogP contribution in [0.1, 0.15) is 15.9 Å². The number of fused-ring (bicyclic) bond motifs is 3. The fourth-order valence-electron chi connectivity index (χ4n) is 3.37. The molecule has 0 radical (unpaired) electrons. The Balaban J connectivity index is 1.61. The number of pyridine rings is 2. The van der Waals surface area contributed by atoms with Gasteiger partial charge in [-0.25, -0.2) is 4.98 Å². The van der Waals surface area contributed by atoms with Gasteiger partial charge in [-0.15, -0.1) is 0 Å². The first kappa shape index (κ1) is 18.6. The zero-order chi connectivity index (χ0) is 20.4. The summed E-state index contributed by atoms with van der Waals surface area (Å²) in [6, 6.07) is 17.2. The Morgan fingerprint density at radius 2 is 1.76 bits per heavy atom. The Bertz CT molecular complexity index is 1240. The number of nitrogens with zero attached hydrogens (tertiary/aromatic N) is 3. The summed E-state index contributed by atoms with van der Waals surface area (Å²) in [5.74, 6) is -0.0996. The number of anilines is 1. The van der Waals surface area contributed by atoms with Crippen LogP contribution in [0.15, 0.2) is 67.0 Å². The summed E-state index contributed by atoms with van der Waals surface area (Å²) < 4.78 is 0. The van der Waals surface area contributed by atoms with Crippen LogP contribution in [0.4, 0.5) is 5.82 Å². The Hall–Kier alpha value is -3.80. The Labute approximate surface area is 168 Å². The molecule has 2 amide bonds. The van der Waals surface area contributed by atoms with Crippen molar-refractivity contribution in [2.45, 2.75) is 6.92 Å². The zero-order valence-electron chi connectivity index (χ0n) is 16.2. The molecular weight excluding hydrogens is 364 g/mol. The Morgan fingerprint density at radius 1 is 0.966 bits per heavy atom. The number of carbonyl (C=O) groups is 2. The number of rotatable bonds is 4. The van der Waals surface area contributed by atoms with Gasteiger partial charge in [0.25, 0.3) is 5.91 Å². The Kier molecular flexibility index (Phi) is 4.91. The van der Waals surface area contributed by atoms with E-state index in [1.807, 2.05) is 55.5 Å². The molecule has 0 saturated carbocycles. The smallest absolute Gasteiger partial charge is 0.256 e. The second kappa shape index (κ2) is 7.67. The number of likely N-dealkylation sites (N-methyl/N-ethyl adjacent to an activating group) is 1. The summed E-state index contributed by atoms with van der Waals surface area (Å²) in [6.45, 7) is 1.83. The van der Waals surface area contributed by atoms with Crippen molar-refractivity contribution in [1.82, 2.24) is 14.9 Å². The molecule has 0 aliphatic heterocycles. The molecule has 4 rings (SSSR count). The van der Waals surface area contributed by atoms with Gasteiger partial charge in [-0.1, -0.05) is 30.3 Å². The van der Waals surface area contributed by atoms with Crippen LogP contribution < -0.4 is 5.32 Å². The fraction of sp³-hybridized carbons (Fsp3) is 0.130. The first-order valence-corrected chi connectivity index (χ1v) is 9.27. The third-order valence-corrected chi connectivity index (χ3v) is 4.75. The van der Waals surface area contributed by atoms with Crippen molar-refractivity contribution in [3.8, 4) is 0 Å². The summed E-state index contributed by atoms with van der Waals surface area (Å²) >= 11 is 0. The number of benzene rings is 2. The van der Waals surface area contributed by atoms with Crippen molar-refractivity contribution in [2.24, 2.45) is 0 Å². The minimum atomic E-state index is -0.308. The molecule has 0 unspecified atom stereocenters. The van der Waals surface area contributed by atoms with Crippen LogP contribution >= 0.6 is 0 Å². The van der Waals surface area contributed by atoms with Crippen LogP contribution in [0.3, 0.4) is 0 Å². The maximum Gasteiger partial charge on any atom is 0.256 e. The predicted octanol–water partition coefficient (Wildman–Crippen LogP) is 3.80. The number of hydrogen-bond acceptors (Lipinski definition) is 4. The van der Waals surface area contributed by atoms with E-state index in [1.165, 1.54) is 4.90 Å². The van der Waals surface area contributed by atoms with E-state index in [9.17, 15) is 9.59 Å². The van der Waals surface area contributed by atoms with Crippen molar-refractivity contribution in [3.63, 3.8) is 0 Å². The summed E-state index contributed by atoms with van der Waals surface area (Å²) in [5, 5.41) is 5.64. The van der Waals surface area contributed by atoms with Crippen LogP contribution in [0.25, 0.3) is 21.7 Å². The van der Waals surface area contributed by atoms with Gasteiger partial charge < -0.3 is 10.2 Å². The first-order valence-electron chi connectivity index (χ1n) is 9.27. The van der Waals surface area contributed by atoms with Crippen LogP contribution in [0.2, 0.25) is 0 Å². The van der Waals surface area contributed by atoms with Gasteiger partial charge in [0.2, 0.25) is 5.91 Å². The van der Waals surface area contributed by atoms with Gasteiger partial charge in [0.05, 0.1) is 17.6 Å². The van der Waals surface area contributed by atoms with Gasteiger partial charge in [0.1, 0.15) is 5.82 Å². The molecular formula is C23H20N4O2. The van der Waals surface area contributed by atoms with Gasteiger partial charge in [-0.2, -0.15) is 0 Å². The van der Waals surface area contributed by atoms with Crippen molar-refractivity contribution in [2.75, 3.05) is 18.9 Å². The van der Waals surface area contributed by atoms with E-state index in [0.29, 0.717) is 16.9 Å². The molecule has 0 aliphatic rings. The van der Waals surface area contributed by atoms with Crippen molar-refractivity contribution >= 4 is 39.3 Å². The molecule has 0 saturated heterocycles. The van der Waals surface area contributed by atoms with Crippen molar-refractivity contribution in [1.29, 1.82) is 0 Å². The standard InChI is InChI=1S/C23H20N4O2/c1-15-9-11-24-20(12-15)26-21(28)14-27(2)23(29)19-13-16-6-3-4-7-17(16)18-8-5-10-25-22(18)19/h3-13H,14H2,1-2H3,(H,24,26,28). The van der Waals surface area contributed by atoms with Gasteiger partial charge in [-0.05, 0) is 47.5 Å². The average Bonchev–Trinajstić information content (AvgIpc) is 2.72.